The zero-order chi connectivity index (χ0) is 22.8. The number of hydrogen-bond donors (Lipinski definition) is 1. The minimum atomic E-state index is 0.00457. The van der Waals surface area contributed by atoms with Crippen molar-refractivity contribution < 1.29 is 23.6 Å². The molecule has 2 heterocycles. The van der Waals surface area contributed by atoms with Crippen LogP contribution in [-0.4, -0.2) is 91.8 Å². The highest BCUT2D eigenvalue weighted by molar-refractivity contribution is 5.78. The van der Waals surface area contributed by atoms with E-state index in [4.69, 9.17) is 14.0 Å². The molecule has 1 fully saturated rings. The van der Waals surface area contributed by atoms with Gasteiger partial charge in [-0.05, 0) is 30.7 Å². The number of rotatable bonds is 11. The predicted octanol–water partition coefficient (Wildman–Crippen LogP) is 0.975. The van der Waals surface area contributed by atoms with Gasteiger partial charge in [0.25, 0.3) is 0 Å². The number of methoxy groups -OCH3 is 2. The minimum absolute atomic E-state index is 0.00457. The zero-order valence-corrected chi connectivity index (χ0v) is 18.7. The van der Waals surface area contributed by atoms with Crippen LogP contribution in [-0.2, 0) is 20.7 Å². The molecule has 174 valence electrons. The number of piperazine rings is 1. The Hall–Kier alpha value is -2.98. The third-order valence-corrected chi connectivity index (χ3v) is 5.31. The van der Waals surface area contributed by atoms with Crippen LogP contribution in [0.1, 0.15) is 18.7 Å². The Morgan fingerprint density at radius 3 is 2.56 bits per heavy atom. The molecule has 32 heavy (non-hydrogen) atoms. The van der Waals surface area contributed by atoms with Crippen LogP contribution in [0.3, 0.4) is 0 Å². The Morgan fingerprint density at radius 2 is 1.88 bits per heavy atom. The molecule has 2 amide bonds. The standard InChI is InChI=1S/C22H31N5O5/c1-30-15-3-10-23-19(28)16-26-11-13-27(14-12-26)21(29)9-8-20-24-22(25-32-20)17-4-6-18(31-2)7-5-17/h4-7H,3,8-16H2,1-2H3,(H,23,28). The van der Waals surface area contributed by atoms with Gasteiger partial charge >= 0.3 is 0 Å². The summed E-state index contributed by atoms with van der Waals surface area (Å²) in [6.07, 6.45) is 1.50. The van der Waals surface area contributed by atoms with Crippen LogP contribution in [0.2, 0.25) is 0 Å². The second kappa shape index (κ2) is 12.2. The van der Waals surface area contributed by atoms with Crippen molar-refractivity contribution in [2.24, 2.45) is 0 Å². The molecule has 0 atom stereocenters. The summed E-state index contributed by atoms with van der Waals surface area (Å²) in [4.78, 5) is 32.8. The van der Waals surface area contributed by atoms with E-state index in [9.17, 15) is 9.59 Å². The summed E-state index contributed by atoms with van der Waals surface area (Å²) < 4.78 is 15.4. The molecule has 1 N–H and O–H groups in total. The van der Waals surface area contributed by atoms with E-state index in [0.717, 1.165) is 17.7 Å². The molecule has 0 spiro atoms. The van der Waals surface area contributed by atoms with Crippen molar-refractivity contribution in [2.45, 2.75) is 19.3 Å². The molecule has 1 saturated heterocycles. The summed E-state index contributed by atoms with van der Waals surface area (Å²) in [6.45, 7) is 4.17. The number of nitrogens with zero attached hydrogens (tertiary/aromatic N) is 4. The van der Waals surface area contributed by atoms with E-state index >= 15 is 0 Å². The van der Waals surface area contributed by atoms with Crippen molar-refractivity contribution in [3.8, 4) is 17.1 Å². The largest absolute Gasteiger partial charge is 0.497 e. The fraction of sp³-hybridized carbons (Fsp3) is 0.545. The fourth-order valence-corrected chi connectivity index (χ4v) is 3.44. The van der Waals surface area contributed by atoms with Crippen molar-refractivity contribution in [2.75, 3.05) is 60.1 Å². The Morgan fingerprint density at radius 1 is 1.12 bits per heavy atom. The van der Waals surface area contributed by atoms with Crippen LogP contribution in [0, 0.1) is 0 Å². The molecule has 1 aromatic carbocycles. The number of nitrogens with one attached hydrogen (secondary N) is 1. The number of aryl methyl sites for hydroxylation is 1. The molecule has 0 saturated carbocycles. The number of carbonyl (C=O) groups excluding carboxylic acids is 2. The maximum Gasteiger partial charge on any atom is 0.234 e. The molecule has 3 rings (SSSR count). The average molecular weight is 446 g/mol. The minimum Gasteiger partial charge on any atom is -0.497 e. The Labute approximate surface area is 187 Å². The first-order valence-corrected chi connectivity index (χ1v) is 10.8. The van der Waals surface area contributed by atoms with Crippen LogP contribution in [0.5, 0.6) is 5.75 Å². The van der Waals surface area contributed by atoms with Crippen molar-refractivity contribution >= 4 is 11.8 Å². The van der Waals surface area contributed by atoms with Gasteiger partial charge in [0, 0.05) is 64.8 Å². The quantitative estimate of drug-likeness (QED) is 0.510. The summed E-state index contributed by atoms with van der Waals surface area (Å²) in [5, 5.41) is 6.88. The summed E-state index contributed by atoms with van der Waals surface area (Å²) >= 11 is 0. The van der Waals surface area contributed by atoms with E-state index in [0.29, 0.717) is 70.4 Å². The van der Waals surface area contributed by atoms with Gasteiger partial charge in [-0.2, -0.15) is 4.98 Å². The van der Waals surface area contributed by atoms with E-state index in [2.05, 4.69) is 20.4 Å². The molecular weight excluding hydrogens is 414 g/mol. The molecule has 0 bridgehead atoms. The molecule has 10 nitrogen and oxygen atoms in total. The van der Waals surface area contributed by atoms with E-state index in [1.165, 1.54) is 0 Å². The van der Waals surface area contributed by atoms with Crippen LogP contribution >= 0.6 is 0 Å². The Bertz CT molecular complexity index is 862. The van der Waals surface area contributed by atoms with Gasteiger partial charge in [0.15, 0.2) is 0 Å². The lowest BCUT2D eigenvalue weighted by atomic mass is 10.2. The lowest BCUT2D eigenvalue weighted by Crippen LogP contribution is -2.51. The predicted molar refractivity (Wildman–Crippen MR) is 117 cm³/mol. The molecule has 10 heteroatoms. The third-order valence-electron chi connectivity index (χ3n) is 5.31. The molecule has 1 aliphatic heterocycles. The van der Waals surface area contributed by atoms with Crippen LogP contribution in [0.15, 0.2) is 28.8 Å². The first-order chi connectivity index (χ1) is 15.6. The van der Waals surface area contributed by atoms with E-state index < -0.39 is 0 Å². The first kappa shape index (κ1) is 23.7. The lowest BCUT2D eigenvalue weighted by molar-refractivity contribution is -0.133. The van der Waals surface area contributed by atoms with Gasteiger partial charge < -0.3 is 24.2 Å². The van der Waals surface area contributed by atoms with Crippen LogP contribution in [0.4, 0.5) is 0 Å². The summed E-state index contributed by atoms with van der Waals surface area (Å²) in [5.41, 5.74) is 0.825. The maximum absolute atomic E-state index is 12.6. The van der Waals surface area contributed by atoms with Crippen LogP contribution in [0.25, 0.3) is 11.4 Å². The van der Waals surface area contributed by atoms with Gasteiger partial charge in [-0.1, -0.05) is 5.16 Å². The second-order valence-corrected chi connectivity index (χ2v) is 7.59. The topological polar surface area (TPSA) is 110 Å². The van der Waals surface area contributed by atoms with Gasteiger partial charge in [0.1, 0.15) is 5.75 Å². The Balaban J connectivity index is 1.37. The monoisotopic (exact) mass is 445 g/mol. The van der Waals surface area contributed by atoms with Crippen molar-refractivity contribution in [1.82, 2.24) is 25.3 Å². The number of aromatic nitrogens is 2. The van der Waals surface area contributed by atoms with Gasteiger partial charge in [-0.15, -0.1) is 0 Å². The number of amides is 2. The van der Waals surface area contributed by atoms with Gasteiger partial charge in [0.05, 0.1) is 13.7 Å². The molecule has 2 aromatic rings. The molecular formula is C22H31N5O5. The van der Waals surface area contributed by atoms with Gasteiger partial charge in [-0.25, -0.2) is 0 Å². The van der Waals surface area contributed by atoms with E-state index in [1.807, 2.05) is 29.2 Å². The summed E-state index contributed by atoms with van der Waals surface area (Å²) in [5.74, 6) is 1.74. The van der Waals surface area contributed by atoms with E-state index in [1.54, 1.807) is 14.2 Å². The number of hydrogen-bond acceptors (Lipinski definition) is 8. The molecule has 1 aromatic heterocycles. The average Bonchev–Trinajstić information content (AvgIpc) is 3.30. The third kappa shape index (κ3) is 7.03. The SMILES string of the molecule is COCCCNC(=O)CN1CCN(C(=O)CCc2nc(-c3ccc(OC)cc3)no2)CC1. The second-order valence-electron chi connectivity index (χ2n) is 7.59. The number of carbonyl (C=O) groups is 2. The lowest BCUT2D eigenvalue weighted by Gasteiger charge is -2.34. The van der Waals surface area contributed by atoms with Crippen molar-refractivity contribution in [1.29, 1.82) is 0 Å². The highest BCUT2D eigenvalue weighted by Gasteiger charge is 2.22. The number of ether oxygens (including phenoxy) is 2. The molecule has 0 aliphatic carbocycles. The highest BCUT2D eigenvalue weighted by Crippen LogP contribution is 2.20. The van der Waals surface area contributed by atoms with Gasteiger partial charge in [0.2, 0.25) is 23.5 Å². The van der Waals surface area contributed by atoms with Gasteiger partial charge in [-0.3, -0.25) is 14.5 Å². The fourth-order valence-electron chi connectivity index (χ4n) is 3.44. The van der Waals surface area contributed by atoms with Crippen molar-refractivity contribution in [3.05, 3.63) is 30.2 Å². The Kier molecular flexibility index (Phi) is 9.00. The van der Waals surface area contributed by atoms with E-state index in [-0.39, 0.29) is 11.8 Å². The maximum atomic E-state index is 12.6. The van der Waals surface area contributed by atoms with Crippen LogP contribution < -0.4 is 10.1 Å². The summed E-state index contributed by atoms with van der Waals surface area (Å²) in [6, 6.07) is 7.38. The zero-order valence-electron chi connectivity index (χ0n) is 18.7. The summed E-state index contributed by atoms with van der Waals surface area (Å²) in [7, 11) is 3.26. The first-order valence-electron chi connectivity index (χ1n) is 10.8. The normalized spacial score (nSPS) is 14.4. The molecule has 1 aliphatic rings. The van der Waals surface area contributed by atoms with Crippen molar-refractivity contribution in [3.63, 3.8) is 0 Å². The molecule has 0 unspecified atom stereocenters. The molecule has 0 radical (unpaired) electrons. The number of benzene rings is 1. The smallest absolute Gasteiger partial charge is 0.234 e. The highest BCUT2D eigenvalue weighted by atomic mass is 16.5.